The molecule has 1 aliphatic rings. The third kappa shape index (κ3) is 2.74. The number of rotatable bonds is 3. The lowest BCUT2D eigenvalue weighted by Gasteiger charge is -2.43. The zero-order valence-corrected chi connectivity index (χ0v) is 12.6. The van der Waals surface area contributed by atoms with Crippen LogP contribution in [0.25, 0.3) is 0 Å². The summed E-state index contributed by atoms with van der Waals surface area (Å²) in [7, 11) is 0. The molecule has 1 saturated heterocycles. The molecule has 0 saturated carbocycles. The molecule has 5 heteroatoms. The first kappa shape index (κ1) is 13.5. The van der Waals surface area contributed by atoms with Gasteiger partial charge in [0.1, 0.15) is 0 Å². The second-order valence-corrected chi connectivity index (χ2v) is 6.43. The van der Waals surface area contributed by atoms with Crippen molar-refractivity contribution >= 4 is 27.3 Å². The fourth-order valence-corrected chi connectivity index (χ4v) is 3.71. The molecule has 0 bridgehead atoms. The summed E-state index contributed by atoms with van der Waals surface area (Å²) in [5.74, 6) is 0. The Balaban J connectivity index is 2.16. The Hall–Kier alpha value is 0.0600. The van der Waals surface area contributed by atoms with E-state index in [4.69, 9.17) is 4.74 Å². The van der Waals surface area contributed by atoms with Gasteiger partial charge in [0.25, 0.3) is 0 Å². The standard InChI is InChI=1S/C12H18BrNO2S/c1-12(2,14-3-5-16-6-4-14)11(15)9-7-17-8-10(9)13/h7-8,11,15H,3-6H2,1-2H3. The fraction of sp³-hybridized carbons (Fsp3) is 0.667. The van der Waals surface area contributed by atoms with Crippen molar-refractivity contribution in [1.82, 2.24) is 4.90 Å². The summed E-state index contributed by atoms with van der Waals surface area (Å²) in [5.41, 5.74) is 0.708. The number of halogens is 1. The topological polar surface area (TPSA) is 32.7 Å². The predicted molar refractivity (Wildman–Crippen MR) is 73.4 cm³/mol. The van der Waals surface area contributed by atoms with E-state index in [-0.39, 0.29) is 5.54 Å². The van der Waals surface area contributed by atoms with Crippen molar-refractivity contribution in [1.29, 1.82) is 0 Å². The highest BCUT2D eigenvalue weighted by Crippen LogP contribution is 2.36. The summed E-state index contributed by atoms with van der Waals surface area (Å²) < 4.78 is 6.36. The van der Waals surface area contributed by atoms with Gasteiger partial charge in [-0.3, -0.25) is 4.90 Å². The Labute approximate surface area is 115 Å². The van der Waals surface area contributed by atoms with Crippen molar-refractivity contribution in [3.8, 4) is 0 Å². The van der Waals surface area contributed by atoms with E-state index in [9.17, 15) is 5.11 Å². The highest BCUT2D eigenvalue weighted by atomic mass is 79.9. The molecule has 1 atom stereocenters. The van der Waals surface area contributed by atoms with E-state index in [1.54, 1.807) is 11.3 Å². The average Bonchev–Trinajstić information content (AvgIpc) is 2.75. The number of aliphatic hydroxyl groups is 1. The molecule has 1 fully saturated rings. The van der Waals surface area contributed by atoms with E-state index in [0.29, 0.717) is 0 Å². The lowest BCUT2D eigenvalue weighted by atomic mass is 9.90. The zero-order chi connectivity index (χ0) is 12.5. The van der Waals surface area contributed by atoms with Gasteiger partial charge in [-0.25, -0.2) is 0 Å². The van der Waals surface area contributed by atoms with E-state index in [1.165, 1.54) is 0 Å². The van der Waals surface area contributed by atoms with Crippen LogP contribution >= 0.6 is 27.3 Å². The van der Waals surface area contributed by atoms with Crippen LogP contribution in [0.15, 0.2) is 15.2 Å². The molecule has 1 N–H and O–H groups in total. The number of hydrogen-bond acceptors (Lipinski definition) is 4. The first-order valence-corrected chi connectivity index (χ1v) is 7.49. The molecule has 0 amide bonds. The molecular formula is C12H18BrNO2S. The Morgan fingerprint density at radius 2 is 2.06 bits per heavy atom. The summed E-state index contributed by atoms with van der Waals surface area (Å²) >= 11 is 5.10. The minimum absolute atomic E-state index is 0.270. The summed E-state index contributed by atoms with van der Waals surface area (Å²) in [6, 6.07) is 0. The highest BCUT2D eigenvalue weighted by molar-refractivity contribution is 9.10. The maximum absolute atomic E-state index is 10.6. The van der Waals surface area contributed by atoms with Gasteiger partial charge in [-0.2, -0.15) is 11.3 Å². The molecule has 96 valence electrons. The van der Waals surface area contributed by atoms with Crippen molar-refractivity contribution in [2.24, 2.45) is 0 Å². The smallest absolute Gasteiger partial charge is 0.0987 e. The zero-order valence-electron chi connectivity index (χ0n) is 10.1. The van der Waals surface area contributed by atoms with Gasteiger partial charge in [0.15, 0.2) is 0 Å². The Kier molecular flexibility index (Phi) is 4.26. The molecule has 3 nitrogen and oxygen atoms in total. The normalized spacial score (nSPS) is 20.5. The van der Waals surface area contributed by atoms with Crippen LogP contribution in [0.2, 0.25) is 0 Å². The van der Waals surface area contributed by atoms with Crippen LogP contribution < -0.4 is 0 Å². The molecule has 1 aromatic heterocycles. The van der Waals surface area contributed by atoms with Gasteiger partial charge in [0.2, 0.25) is 0 Å². The first-order valence-electron chi connectivity index (χ1n) is 5.76. The second kappa shape index (κ2) is 5.36. The number of aliphatic hydroxyl groups excluding tert-OH is 1. The lowest BCUT2D eigenvalue weighted by molar-refractivity contribution is -0.0631. The van der Waals surface area contributed by atoms with Crippen molar-refractivity contribution in [3.63, 3.8) is 0 Å². The lowest BCUT2D eigenvalue weighted by Crippen LogP contribution is -2.53. The number of hydrogen-bond donors (Lipinski definition) is 1. The van der Waals surface area contributed by atoms with Crippen LogP contribution in [0.1, 0.15) is 25.5 Å². The number of ether oxygens (including phenoxy) is 1. The van der Waals surface area contributed by atoms with Gasteiger partial charge in [-0.05, 0) is 35.2 Å². The van der Waals surface area contributed by atoms with Crippen molar-refractivity contribution < 1.29 is 9.84 Å². The number of thiophene rings is 1. The third-order valence-electron chi connectivity index (χ3n) is 3.43. The second-order valence-electron chi connectivity index (χ2n) is 4.83. The summed E-state index contributed by atoms with van der Waals surface area (Å²) in [6.45, 7) is 7.44. The van der Waals surface area contributed by atoms with Gasteiger partial charge >= 0.3 is 0 Å². The van der Waals surface area contributed by atoms with Gasteiger partial charge < -0.3 is 9.84 Å². The van der Waals surface area contributed by atoms with Gasteiger partial charge in [-0.15, -0.1) is 0 Å². The molecule has 0 aromatic carbocycles. The Morgan fingerprint density at radius 3 is 2.59 bits per heavy atom. The molecular weight excluding hydrogens is 302 g/mol. The maximum Gasteiger partial charge on any atom is 0.0987 e. The average molecular weight is 320 g/mol. The molecule has 1 unspecified atom stereocenters. The van der Waals surface area contributed by atoms with Crippen LogP contribution in [-0.4, -0.2) is 41.8 Å². The van der Waals surface area contributed by atoms with E-state index >= 15 is 0 Å². The van der Waals surface area contributed by atoms with Crippen molar-refractivity contribution in [2.45, 2.75) is 25.5 Å². The maximum atomic E-state index is 10.6. The Bertz CT molecular complexity index is 374. The van der Waals surface area contributed by atoms with Crippen LogP contribution in [0.3, 0.4) is 0 Å². The van der Waals surface area contributed by atoms with Crippen molar-refractivity contribution in [3.05, 3.63) is 20.8 Å². The minimum atomic E-state index is -0.485. The summed E-state index contributed by atoms with van der Waals surface area (Å²) in [5, 5.41) is 14.6. The molecule has 2 rings (SSSR count). The predicted octanol–water partition coefficient (Wildman–Crippen LogP) is 2.65. The number of nitrogens with zero attached hydrogens (tertiary/aromatic N) is 1. The quantitative estimate of drug-likeness (QED) is 0.929. The molecule has 0 aliphatic carbocycles. The van der Waals surface area contributed by atoms with E-state index < -0.39 is 6.10 Å². The highest BCUT2D eigenvalue weighted by Gasteiger charge is 2.37. The molecule has 0 spiro atoms. The number of morpholine rings is 1. The molecule has 17 heavy (non-hydrogen) atoms. The largest absolute Gasteiger partial charge is 0.386 e. The van der Waals surface area contributed by atoms with Gasteiger partial charge in [0, 0.05) is 34.0 Å². The summed E-state index contributed by atoms with van der Waals surface area (Å²) in [6.07, 6.45) is -0.485. The first-order chi connectivity index (χ1) is 8.03. The van der Waals surface area contributed by atoms with Gasteiger partial charge in [0.05, 0.1) is 19.3 Å². The van der Waals surface area contributed by atoms with Crippen LogP contribution in [0.4, 0.5) is 0 Å². The molecule has 2 heterocycles. The Morgan fingerprint density at radius 1 is 1.41 bits per heavy atom. The van der Waals surface area contributed by atoms with E-state index in [0.717, 1.165) is 36.3 Å². The molecule has 1 aromatic rings. The molecule has 0 radical (unpaired) electrons. The molecule has 1 aliphatic heterocycles. The van der Waals surface area contributed by atoms with Crippen molar-refractivity contribution in [2.75, 3.05) is 26.3 Å². The summed E-state index contributed by atoms with van der Waals surface area (Å²) in [4.78, 5) is 2.30. The fourth-order valence-electron chi connectivity index (χ4n) is 2.18. The van der Waals surface area contributed by atoms with E-state index in [1.807, 2.05) is 10.8 Å². The van der Waals surface area contributed by atoms with Crippen LogP contribution in [0, 0.1) is 0 Å². The monoisotopic (exact) mass is 319 g/mol. The van der Waals surface area contributed by atoms with Gasteiger partial charge in [-0.1, -0.05) is 0 Å². The minimum Gasteiger partial charge on any atom is -0.386 e. The van der Waals surface area contributed by atoms with Crippen LogP contribution in [0.5, 0.6) is 0 Å². The van der Waals surface area contributed by atoms with Crippen LogP contribution in [-0.2, 0) is 4.74 Å². The SMILES string of the molecule is CC(C)(C(O)c1cscc1Br)N1CCOCC1. The third-order valence-corrected chi connectivity index (χ3v) is 5.18. The van der Waals surface area contributed by atoms with E-state index in [2.05, 4.69) is 34.7 Å².